The molecule has 1 N–H and O–H groups in total. The number of hydrogen-bond donors (Lipinski definition) is 1. The first-order valence-corrected chi connectivity index (χ1v) is 9.64. The third-order valence-electron chi connectivity index (χ3n) is 4.58. The lowest BCUT2D eigenvalue weighted by atomic mass is 10.1. The molecule has 0 saturated heterocycles. The maximum Gasteiger partial charge on any atom is 0.242 e. The van der Waals surface area contributed by atoms with Crippen molar-refractivity contribution in [2.45, 2.75) is 19.9 Å². The quantitative estimate of drug-likeness (QED) is 0.462. The van der Waals surface area contributed by atoms with Crippen LogP contribution in [0, 0.1) is 11.7 Å². The van der Waals surface area contributed by atoms with Crippen LogP contribution >= 0.6 is 12.2 Å². The topological polar surface area (TPSA) is 53.9 Å². The van der Waals surface area contributed by atoms with Crippen molar-refractivity contribution in [2.24, 2.45) is 0 Å². The fourth-order valence-corrected chi connectivity index (χ4v) is 3.20. The SMILES string of the molecule is C=CCN(CCc1ccccc1)C(=O)Cn1c(-c2ccc(C)cc2)n[nH]c1=S. The molecule has 2 aromatic carbocycles. The van der Waals surface area contributed by atoms with Gasteiger partial charge in [0.2, 0.25) is 5.91 Å². The molecule has 0 radical (unpaired) electrons. The van der Waals surface area contributed by atoms with Gasteiger partial charge in [-0.2, -0.15) is 5.10 Å². The van der Waals surface area contributed by atoms with Crippen LogP contribution in [0.4, 0.5) is 0 Å². The van der Waals surface area contributed by atoms with Crippen LogP contribution in [0.1, 0.15) is 11.1 Å². The Bertz CT molecular complexity index is 989. The van der Waals surface area contributed by atoms with Crippen LogP contribution in [0.15, 0.2) is 67.3 Å². The zero-order chi connectivity index (χ0) is 19.9. The molecule has 1 heterocycles. The molecule has 144 valence electrons. The van der Waals surface area contributed by atoms with Crippen molar-refractivity contribution in [3.63, 3.8) is 0 Å². The molecule has 0 atom stereocenters. The molecule has 0 saturated carbocycles. The fraction of sp³-hybridized carbons (Fsp3) is 0.227. The van der Waals surface area contributed by atoms with Crippen molar-refractivity contribution in [3.8, 4) is 11.4 Å². The second kappa shape index (κ2) is 9.28. The highest BCUT2D eigenvalue weighted by atomic mass is 32.1. The van der Waals surface area contributed by atoms with Gasteiger partial charge in [-0.1, -0.05) is 66.2 Å². The number of nitrogens with one attached hydrogen (secondary N) is 1. The van der Waals surface area contributed by atoms with Crippen LogP contribution in [0.25, 0.3) is 11.4 Å². The molecule has 0 aliphatic heterocycles. The number of hydrogen-bond acceptors (Lipinski definition) is 3. The summed E-state index contributed by atoms with van der Waals surface area (Å²) in [7, 11) is 0. The lowest BCUT2D eigenvalue weighted by Gasteiger charge is -2.22. The van der Waals surface area contributed by atoms with E-state index in [-0.39, 0.29) is 12.5 Å². The third-order valence-corrected chi connectivity index (χ3v) is 4.89. The lowest BCUT2D eigenvalue weighted by molar-refractivity contribution is -0.131. The van der Waals surface area contributed by atoms with Crippen LogP contribution in [-0.4, -0.2) is 38.7 Å². The molecule has 0 bridgehead atoms. The molecule has 0 fully saturated rings. The van der Waals surface area contributed by atoms with E-state index in [2.05, 4.69) is 28.9 Å². The van der Waals surface area contributed by atoms with Crippen molar-refractivity contribution < 1.29 is 4.79 Å². The molecule has 6 heteroatoms. The molecule has 0 aliphatic carbocycles. The third kappa shape index (κ3) is 4.84. The van der Waals surface area contributed by atoms with Gasteiger partial charge in [-0.05, 0) is 31.1 Å². The van der Waals surface area contributed by atoms with Crippen molar-refractivity contribution in [2.75, 3.05) is 13.1 Å². The summed E-state index contributed by atoms with van der Waals surface area (Å²) in [5.41, 5.74) is 3.29. The van der Waals surface area contributed by atoms with Crippen molar-refractivity contribution in [3.05, 3.63) is 83.2 Å². The Hall–Kier alpha value is -2.99. The highest BCUT2D eigenvalue weighted by Gasteiger charge is 2.17. The number of aromatic nitrogens is 3. The Morgan fingerprint density at radius 3 is 2.61 bits per heavy atom. The van der Waals surface area contributed by atoms with Crippen LogP contribution in [0.5, 0.6) is 0 Å². The minimum absolute atomic E-state index is 0.0123. The first kappa shape index (κ1) is 19.8. The fourth-order valence-electron chi connectivity index (χ4n) is 3.01. The van der Waals surface area contributed by atoms with Gasteiger partial charge < -0.3 is 4.90 Å². The maximum absolute atomic E-state index is 13.0. The van der Waals surface area contributed by atoms with Gasteiger partial charge in [-0.25, -0.2) is 0 Å². The summed E-state index contributed by atoms with van der Waals surface area (Å²) >= 11 is 5.36. The van der Waals surface area contributed by atoms with E-state index in [0.29, 0.717) is 23.7 Å². The van der Waals surface area contributed by atoms with Gasteiger partial charge in [0.15, 0.2) is 10.6 Å². The van der Waals surface area contributed by atoms with E-state index in [1.54, 1.807) is 15.5 Å². The predicted molar refractivity (Wildman–Crippen MR) is 115 cm³/mol. The van der Waals surface area contributed by atoms with Gasteiger partial charge >= 0.3 is 0 Å². The van der Waals surface area contributed by atoms with Crippen molar-refractivity contribution in [1.82, 2.24) is 19.7 Å². The van der Waals surface area contributed by atoms with Gasteiger partial charge in [0.05, 0.1) is 0 Å². The number of rotatable bonds is 8. The van der Waals surface area contributed by atoms with E-state index >= 15 is 0 Å². The molecule has 3 aromatic rings. The van der Waals surface area contributed by atoms with Crippen molar-refractivity contribution in [1.29, 1.82) is 0 Å². The van der Waals surface area contributed by atoms with E-state index in [0.717, 1.165) is 12.0 Å². The Labute approximate surface area is 170 Å². The molecule has 5 nitrogen and oxygen atoms in total. The molecule has 0 unspecified atom stereocenters. The van der Waals surface area contributed by atoms with Gasteiger partial charge in [0, 0.05) is 18.7 Å². The Kier molecular flexibility index (Phi) is 6.55. The summed E-state index contributed by atoms with van der Waals surface area (Å²) < 4.78 is 2.19. The number of amides is 1. The average molecular weight is 393 g/mol. The zero-order valence-corrected chi connectivity index (χ0v) is 16.8. The molecular weight excluding hydrogens is 368 g/mol. The number of benzene rings is 2. The summed E-state index contributed by atoms with van der Waals surface area (Å²) in [6.07, 6.45) is 2.54. The average Bonchev–Trinajstić information content (AvgIpc) is 3.07. The minimum atomic E-state index is -0.0123. The summed E-state index contributed by atoms with van der Waals surface area (Å²) in [6.45, 7) is 7.08. The monoisotopic (exact) mass is 392 g/mol. The summed E-state index contributed by atoms with van der Waals surface area (Å²) in [6, 6.07) is 18.1. The second-order valence-corrected chi connectivity index (χ2v) is 7.06. The van der Waals surface area contributed by atoms with E-state index in [4.69, 9.17) is 12.2 Å². The number of carbonyl (C=O) groups is 1. The minimum Gasteiger partial charge on any atom is -0.337 e. The van der Waals surface area contributed by atoms with Gasteiger partial charge in [0.1, 0.15) is 6.54 Å². The zero-order valence-electron chi connectivity index (χ0n) is 16.0. The number of nitrogens with zero attached hydrogens (tertiary/aromatic N) is 3. The number of H-pyrrole nitrogens is 1. The summed E-state index contributed by atoms with van der Waals surface area (Å²) in [5, 5.41) is 7.13. The maximum atomic E-state index is 13.0. The van der Waals surface area contributed by atoms with E-state index in [1.807, 2.05) is 49.4 Å². The number of aryl methyl sites for hydroxylation is 1. The summed E-state index contributed by atoms with van der Waals surface area (Å²) in [4.78, 5) is 14.8. The normalized spacial score (nSPS) is 10.6. The molecule has 28 heavy (non-hydrogen) atoms. The predicted octanol–water partition coefficient (Wildman–Crippen LogP) is 4.17. The van der Waals surface area contributed by atoms with Crippen LogP contribution in [0.2, 0.25) is 0 Å². The van der Waals surface area contributed by atoms with E-state index < -0.39 is 0 Å². The smallest absolute Gasteiger partial charge is 0.242 e. The van der Waals surface area contributed by atoms with Crippen LogP contribution in [0.3, 0.4) is 0 Å². The largest absolute Gasteiger partial charge is 0.337 e. The molecule has 1 aromatic heterocycles. The van der Waals surface area contributed by atoms with Gasteiger partial charge in [-0.3, -0.25) is 14.5 Å². The Balaban J connectivity index is 1.76. The highest BCUT2D eigenvalue weighted by molar-refractivity contribution is 7.71. The Morgan fingerprint density at radius 2 is 1.93 bits per heavy atom. The standard InChI is InChI=1S/C22H24N4OS/c1-3-14-25(15-13-18-7-5-4-6-8-18)20(27)16-26-21(23-24-22(26)28)19-11-9-17(2)10-12-19/h3-12H,1,13-16H2,2H3,(H,24,28). The molecule has 1 amide bonds. The van der Waals surface area contributed by atoms with E-state index in [1.165, 1.54) is 11.1 Å². The highest BCUT2D eigenvalue weighted by Crippen LogP contribution is 2.18. The Morgan fingerprint density at radius 1 is 1.21 bits per heavy atom. The molecule has 0 aliphatic rings. The van der Waals surface area contributed by atoms with E-state index in [9.17, 15) is 4.79 Å². The van der Waals surface area contributed by atoms with Gasteiger partial charge in [0.25, 0.3) is 0 Å². The van der Waals surface area contributed by atoms with Crippen molar-refractivity contribution >= 4 is 18.1 Å². The summed E-state index contributed by atoms with van der Waals surface area (Å²) in [5.74, 6) is 0.654. The molecule has 3 rings (SSSR count). The molecular formula is C22H24N4OS. The van der Waals surface area contributed by atoms with Crippen LogP contribution < -0.4 is 0 Å². The molecule has 0 spiro atoms. The first-order chi connectivity index (χ1) is 13.6. The van der Waals surface area contributed by atoms with Crippen LogP contribution in [-0.2, 0) is 17.8 Å². The second-order valence-electron chi connectivity index (χ2n) is 6.67. The number of aromatic amines is 1. The van der Waals surface area contributed by atoms with Gasteiger partial charge in [-0.15, -0.1) is 6.58 Å². The first-order valence-electron chi connectivity index (χ1n) is 9.23. The lowest BCUT2D eigenvalue weighted by Crippen LogP contribution is -2.35. The number of carbonyl (C=O) groups excluding carboxylic acids is 1.